The summed E-state index contributed by atoms with van der Waals surface area (Å²) in [5.41, 5.74) is 1.13. The predicted octanol–water partition coefficient (Wildman–Crippen LogP) is 4.89. The molecule has 20 heavy (non-hydrogen) atoms. The van der Waals surface area contributed by atoms with Crippen molar-refractivity contribution in [3.63, 3.8) is 0 Å². The molecule has 1 atom stereocenters. The maximum atomic E-state index is 14.0. The Kier molecular flexibility index (Phi) is 5.53. The first-order valence-corrected chi connectivity index (χ1v) is 7.80. The molecule has 1 aliphatic carbocycles. The minimum absolute atomic E-state index is 0.0000926. The van der Waals surface area contributed by atoms with Crippen molar-refractivity contribution in [3.05, 3.63) is 34.9 Å². The first kappa shape index (κ1) is 15.4. The topological polar surface area (TPSA) is 12.0 Å². The molecule has 1 N–H and O–H groups in total. The third-order valence-electron chi connectivity index (χ3n) is 4.44. The summed E-state index contributed by atoms with van der Waals surface area (Å²) >= 11 is 0. The van der Waals surface area contributed by atoms with Crippen molar-refractivity contribution in [3.8, 4) is 0 Å². The largest absolute Gasteiger partial charge is 0.310 e. The summed E-state index contributed by atoms with van der Waals surface area (Å²) < 4.78 is 27.4. The van der Waals surface area contributed by atoms with Crippen LogP contribution in [0.4, 0.5) is 8.78 Å². The molecule has 0 spiro atoms. The molecule has 1 aliphatic rings. The molecular formula is C17H25F2N. The van der Waals surface area contributed by atoms with Crippen LogP contribution in [0.5, 0.6) is 0 Å². The molecule has 0 bridgehead atoms. The van der Waals surface area contributed by atoms with Crippen molar-refractivity contribution in [2.45, 2.75) is 58.4 Å². The highest BCUT2D eigenvalue weighted by atomic mass is 19.1. The van der Waals surface area contributed by atoms with Gasteiger partial charge in [0.05, 0.1) is 0 Å². The fourth-order valence-electron chi connectivity index (χ4n) is 3.26. The lowest BCUT2D eigenvalue weighted by molar-refractivity contribution is 0.406. The number of benzene rings is 1. The first-order valence-electron chi connectivity index (χ1n) is 7.80. The van der Waals surface area contributed by atoms with Gasteiger partial charge in [0.2, 0.25) is 0 Å². The van der Waals surface area contributed by atoms with Crippen molar-refractivity contribution >= 4 is 0 Å². The third-order valence-corrected chi connectivity index (χ3v) is 4.44. The van der Waals surface area contributed by atoms with Crippen LogP contribution in [0.1, 0.15) is 62.6 Å². The van der Waals surface area contributed by atoms with Gasteiger partial charge in [0.1, 0.15) is 11.6 Å². The van der Waals surface area contributed by atoms with Gasteiger partial charge in [-0.15, -0.1) is 0 Å². The standard InChI is InChI=1S/C17H25F2N/c1-3-20-17(9-8-13-6-4-5-7-13)14-10-12(2)15(18)11-16(14)19/h10-11,13,17,20H,3-9H2,1-2H3. The summed E-state index contributed by atoms with van der Waals surface area (Å²) in [7, 11) is 0. The summed E-state index contributed by atoms with van der Waals surface area (Å²) in [6.45, 7) is 4.51. The molecular weight excluding hydrogens is 256 g/mol. The summed E-state index contributed by atoms with van der Waals surface area (Å²) in [4.78, 5) is 0. The molecule has 2 rings (SSSR count). The molecule has 1 saturated carbocycles. The van der Waals surface area contributed by atoms with E-state index in [9.17, 15) is 8.78 Å². The fraction of sp³-hybridized carbons (Fsp3) is 0.647. The highest BCUT2D eigenvalue weighted by molar-refractivity contribution is 5.28. The van der Waals surface area contributed by atoms with Crippen LogP contribution in [0.15, 0.2) is 12.1 Å². The van der Waals surface area contributed by atoms with Gasteiger partial charge in [-0.2, -0.15) is 0 Å². The van der Waals surface area contributed by atoms with Gasteiger partial charge in [0.15, 0.2) is 0 Å². The molecule has 0 heterocycles. The summed E-state index contributed by atoms with van der Waals surface area (Å²) in [6.07, 6.45) is 7.35. The summed E-state index contributed by atoms with van der Waals surface area (Å²) in [5.74, 6) is -0.0940. The van der Waals surface area contributed by atoms with Crippen molar-refractivity contribution in [1.82, 2.24) is 5.32 Å². The van der Waals surface area contributed by atoms with Gasteiger partial charge in [-0.05, 0) is 43.9 Å². The Morgan fingerprint density at radius 3 is 2.55 bits per heavy atom. The Labute approximate surface area is 120 Å². The van der Waals surface area contributed by atoms with Crippen molar-refractivity contribution in [2.75, 3.05) is 6.54 Å². The summed E-state index contributed by atoms with van der Waals surface area (Å²) in [6, 6.07) is 2.68. The number of rotatable bonds is 6. The number of hydrogen-bond donors (Lipinski definition) is 1. The first-order chi connectivity index (χ1) is 9.61. The maximum Gasteiger partial charge on any atom is 0.130 e. The predicted molar refractivity (Wildman–Crippen MR) is 78.7 cm³/mol. The van der Waals surface area contributed by atoms with E-state index in [1.807, 2.05) is 6.92 Å². The third kappa shape index (κ3) is 3.78. The molecule has 1 fully saturated rings. The average Bonchev–Trinajstić information content (AvgIpc) is 2.92. The number of nitrogens with one attached hydrogen (secondary N) is 1. The quantitative estimate of drug-likeness (QED) is 0.782. The SMILES string of the molecule is CCNC(CCC1CCCC1)c1cc(C)c(F)cc1F. The highest BCUT2D eigenvalue weighted by Gasteiger charge is 2.20. The second-order valence-corrected chi connectivity index (χ2v) is 5.96. The van der Waals surface area contributed by atoms with Crippen LogP contribution in [-0.2, 0) is 0 Å². The van der Waals surface area contributed by atoms with Gasteiger partial charge in [0.25, 0.3) is 0 Å². The number of halogens is 2. The van der Waals surface area contributed by atoms with Crippen LogP contribution in [0.25, 0.3) is 0 Å². The molecule has 1 nitrogen and oxygen atoms in total. The molecule has 1 unspecified atom stereocenters. The molecule has 0 radical (unpaired) electrons. The fourth-order valence-corrected chi connectivity index (χ4v) is 3.26. The maximum absolute atomic E-state index is 14.0. The Hall–Kier alpha value is -0.960. The summed E-state index contributed by atoms with van der Waals surface area (Å²) in [5, 5.41) is 3.35. The van der Waals surface area contributed by atoms with Gasteiger partial charge in [-0.25, -0.2) is 8.78 Å². The average molecular weight is 281 g/mol. The molecule has 112 valence electrons. The van der Waals surface area contributed by atoms with Crippen molar-refractivity contribution < 1.29 is 8.78 Å². The van der Waals surface area contributed by atoms with Crippen molar-refractivity contribution in [2.24, 2.45) is 5.92 Å². The van der Waals surface area contributed by atoms with Crippen LogP contribution in [-0.4, -0.2) is 6.54 Å². The van der Waals surface area contributed by atoms with Crippen LogP contribution in [0.3, 0.4) is 0 Å². The lowest BCUT2D eigenvalue weighted by atomic mass is 9.93. The minimum Gasteiger partial charge on any atom is -0.310 e. The highest BCUT2D eigenvalue weighted by Crippen LogP contribution is 2.32. The van der Waals surface area contributed by atoms with Gasteiger partial charge in [0, 0.05) is 17.7 Å². The van der Waals surface area contributed by atoms with E-state index in [4.69, 9.17) is 0 Å². The van der Waals surface area contributed by atoms with E-state index in [0.717, 1.165) is 31.4 Å². The van der Waals surface area contributed by atoms with Gasteiger partial charge >= 0.3 is 0 Å². The van der Waals surface area contributed by atoms with Crippen LogP contribution in [0.2, 0.25) is 0 Å². The van der Waals surface area contributed by atoms with E-state index in [2.05, 4.69) is 5.32 Å². The Balaban J connectivity index is 2.08. The van der Waals surface area contributed by atoms with E-state index in [0.29, 0.717) is 11.1 Å². The van der Waals surface area contributed by atoms with Crippen LogP contribution < -0.4 is 5.32 Å². The zero-order valence-electron chi connectivity index (χ0n) is 12.5. The lowest BCUT2D eigenvalue weighted by Crippen LogP contribution is -2.23. The zero-order chi connectivity index (χ0) is 14.5. The van der Waals surface area contributed by atoms with Gasteiger partial charge < -0.3 is 5.32 Å². The van der Waals surface area contributed by atoms with E-state index in [1.54, 1.807) is 13.0 Å². The van der Waals surface area contributed by atoms with E-state index in [-0.39, 0.29) is 6.04 Å². The van der Waals surface area contributed by atoms with E-state index >= 15 is 0 Å². The van der Waals surface area contributed by atoms with Crippen molar-refractivity contribution in [1.29, 1.82) is 0 Å². The molecule has 1 aromatic rings. The van der Waals surface area contributed by atoms with Crippen LogP contribution >= 0.6 is 0 Å². The van der Waals surface area contributed by atoms with E-state index < -0.39 is 11.6 Å². The molecule has 0 amide bonds. The van der Waals surface area contributed by atoms with Gasteiger partial charge in [-0.1, -0.05) is 32.6 Å². The molecule has 3 heteroatoms. The van der Waals surface area contributed by atoms with Crippen LogP contribution in [0, 0.1) is 24.5 Å². The number of hydrogen-bond acceptors (Lipinski definition) is 1. The molecule has 1 aromatic carbocycles. The lowest BCUT2D eigenvalue weighted by Gasteiger charge is -2.21. The Morgan fingerprint density at radius 2 is 1.90 bits per heavy atom. The second-order valence-electron chi connectivity index (χ2n) is 5.96. The van der Waals surface area contributed by atoms with E-state index in [1.165, 1.54) is 25.7 Å². The smallest absolute Gasteiger partial charge is 0.130 e. The molecule has 0 aromatic heterocycles. The molecule has 0 aliphatic heterocycles. The Bertz CT molecular complexity index is 439. The Morgan fingerprint density at radius 1 is 1.20 bits per heavy atom. The monoisotopic (exact) mass is 281 g/mol. The van der Waals surface area contributed by atoms with Gasteiger partial charge in [-0.3, -0.25) is 0 Å². The number of aryl methyl sites for hydroxylation is 1. The zero-order valence-corrected chi connectivity index (χ0v) is 12.5. The molecule has 0 saturated heterocycles. The second kappa shape index (κ2) is 7.16. The minimum atomic E-state index is -0.461. The normalized spacial score (nSPS) is 17.6.